The van der Waals surface area contributed by atoms with Crippen LogP contribution in [-0.2, 0) is 20.4 Å². The summed E-state index contributed by atoms with van der Waals surface area (Å²) in [6, 6.07) is 10.1. The molecule has 8 heteroatoms. The van der Waals surface area contributed by atoms with Gasteiger partial charge in [0.25, 0.3) is 0 Å². The first-order chi connectivity index (χ1) is 15.3. The molecule has 1 unspecified atom stereocenters. The van der Waals surface area contributed by atoms with Gasteiger partial charge in [0.1, 0.15) is 5.60 Å². The van der Waals surface area contributed by atoms with Gasteiger partial charge >= 0.3 is 5.97 Å². The third-order valence-electron chi connectivity index (χ3n) is 6.37. The van der Waals surface area contributed by atoms with Gasteiger partial charge < -0.3 is 9.16 Å². The van der Waals surface area contributed by atoms with Gasteiger partial charge in [-0.2, -0.15) is 5.21 Å². The van der Waals surface area contributed by atoms with Gasteiger partial charge in [0.05, 0.1) is 5.92 Å². The van der Waals surface area contributed by atoms with E-state index in [9.17, 15) is 4.79 Å². The van der Waals surface area contributed by atoms with E-state index in [1.54, 1.807) is 0 Å². The van der Waals surface area contributed by atoms with Crippen LogP contribution in [0.25, 0.3) is 0 Å². The number of carbonyl (C=O) groups is 1. The average molecular weight is 475 g/mol. The lowest BCUT2D eigenvalue weighted by Crippen LogP contribution is -2.41. The Balaban J connectivity index is 2.14. The second kappa shape index (κ2) is 11.4. The summed E-state index contributed by atoms with van der Waals surface area (Å²) in [5.74, 6) is -0.247. The first-order valence-corrected chi connectivity index (χ1v) is 14.8. The maximum absolute atomic E-state index is 13.3. The Bertz CT molecular complexity index is 843. The van der Waals surface area contributed by atoms with Gasteiger partial charge in [-0.3, -0.25) is 4.79 Å². The normalized spacial score (nSPS) is 14.7. The highest BCUT2D eigenvalue weighted by atomic mass is 28.4. The van der Waals surface area contributed by atoms with Crippen molar-refractivity contribution in [3.63, 3.8) is 0 Å². The molecule has 2 aromatic rings. The first-order valence-electron chi connectivity index (χ1n) is 11.9. The van der Waals surface area contributed by atoms with Crippen LogP contribution in [0.15, 0.2) is 30.3 Å². The maximum atomic E-state index is 13.3. The number of hydrogen-bond donors (Lipinski definition) is 1. The SMILES string of the molecule is CC(C)(C)OC(=O)C(CCCCO[Si](C)(C)C(C)(C)C)[C@H](Cc1ccccc1)c1nn[nH]n1. The fourth-order valence-corrected chi connectivity index (χ4v) is 4.57. The molecule has 0 saturated heterocycles. The van der Waals surface area contributed by atoms with Crippen LogP contribution < -0.4 is 0 Å². The second-order valence-corrected chi connectivity index (χ2v) is 16.1. The second-order valence-electron chi connectivity index (χ2n) is 11.3. The van der Waals surface area contributed by atoms with Gasteiger partial charge in [-0.05, 0) is 63.7 Å². The van der Waals surface area contributed by atoms with Gasteiger partial charge in [-0.1, -0.05) is 62.7 Å². The average Bonchev–Trinajstić information content (AvgIpc) is 3.22. The minimum atomic E-state index is -1.78. The van der Waals surface area contributed by atoms with E-state index >= 15 is 0 Å². The molecule has 0 radical (unpaired) electrons. The molecule has 7 nitrogen and oxygen atoms in total. The Morgan fingerprint density at radius 1 is 1.06 bits per heavy atom. The molecule has 0 bridgehead atoms. The molecule has 0 spiro atoms. The van der Waals surface area contributed by atoms with Crippen molar-refractivity contribution in [1.29, 1.82) is 0 Å². The van der Waals surface area contributed by atoms with E-state index in [0.717, 1.165) is 18.4 Å². The lowest BCUT2D eigenvalue weighted by molar-refractivity contribution is -0.161. The third-order valence-corrected chi connectivity index (χ3v) is 10.9. The number of unbranched alkanes of at least 4 members (excludes halogenated alkanes) is 1. The van der Waals surface area contributed by atoms with Crippen LogP contribution in [0.3, 0.4) is 0 Å². The number of nitrogens with zero attached hydrogens (tertiary/aromatic N) is 3. The molecular formula is C25H42N4O3Si. The number of benzene rings is 1. The molecule has 1 aromatic heterocycles. The minimum absolute atomic E-state index is 0.186. The van der Waals surface area contributed by atoms with Crippen molar-refractivity contribution in [3.05, 3.63) is 41.7 Å². The molecule has 1 heterocycles. The van der Waals surface area contributed by atoms with Crippen molar-refractivity contribution in [3.8, 4) is 0 Å². The standard InChI is InChI=1S/C25H42N4O3Si/c1-24(2,3)32-23(30)20(16-12-13-17-31-33(7,8)25(4,5)6)21(22-26-28-29-27-22)18-19-14-10-9-11-15-19/h9-11,14-15,20-21H,12-13,16-18H2,1-8H3,(H,26,27,28,29)/t20?,21-/m0/s1. The molecule has 1 N–H and O–H groups in total. The van der Waals surface area contributed by atoms with E-state index < -0.39 is 13.9 Å². The predicted octanol–water partition coefficient (Wildman–Crippen LogP) is 5.68. The van der Waals surface area contributed by atoms with Gasteiger partial charge in [0, 0.05) is 12.5 Å². The van der Waals surface area contributed by atoms with E-state index in [1.807, 2.05) is 39.0 Å². The molecule has 33 heavy (non-hydrogen) atoms. The molecule has 2 rings (SSSR count). The third kappa shape index (κ3) is 8.66. The number of hydrogen-bond acceptors (Lipinski definition) is 6. The van der Waals surface area contributed by atoms with Crippen molar-refractivity contribution in [2.45, 2.75) is 96.9 Å². The van der Waals surface area contributed by atoms with Crippen LogP contribution in [0.4, 0.5) is 0 Å². The van der Waals surface area contributed by atoms with Crippen molar-refractivity contribution in [1.82, 2.24) is 20.6 Å². The number of tetrazole rings is 1. The number of ether oxygens (including phenoxy) is 1. The zero-order valence-corrected chi connectivity index (χ0v) is 22.6. The summed E-state index contributed by atoms with van der Waals surface area (Å²) in [6.45, 7) is 17.7. The monoisotopic (exact) mass is 474 g/mol. The number of esters is 1. The van der Waals surface area contributed by atoms with Crippen LogP contribution >= 0.6 is 0 Å². The predicted molar refractivity (Wildman–Crippen MR) is 133 cm³/mol. The summed E-state index contributed by atoms with van der Waals surface area (Å²) in [6.07, 6.45) is 3.09. The number of aromatic nitrogens is 4. The molecular weight excluding hydrogens is 432 g/mol. The van der Waals surface area contributed by atoms with E-state index in [1.165, 1.54) is 0 Å². The van der Waals surface area contributed by atoms with Crippen molar-refractivity contribution >= 4 is 14.3 Å². The highest BCUT2D eigenvalue weighted by molar-refractivity contribution is 6.74. The Morgan fingerprint density at radius 3 is 2.27 bits per heavy atom. The minimum Gasteiger partial charge on any atom is -0.460 e. The zero-order valence-electron chi connectivity index (χ0n) is 21.6. The number of H-pyrrole nitrogens is 1. The lowest BCUT2D eigenvalue weighted by Gasteiger charge is -2.36. The molecule has 0 saturated carbocycles. The summed E-state index contributed by atoms with van der Waals surface area (Å²) < 4.78 is 12.2. The number of carbonyl (C=O) groups excluding carboxylic acids is 1. The summed E-state index contributed by atoms with van der Waals surface area (Å²) in [5.41, 5.74) is 0.567. The molecule has 0 aliphatic heterocycles. The molecule has 0 fully saturated rings. The molecule has 0 aliphatic carbocycles. The van der Waals surface area contributed by atoms with Crippen LogP contribution in [0, 0.1) is 5.92 Å². The highest BCUT2D eigenvalue weighted by Gasteiger charge is 2.37. The zero-order chi connectivity index (χ0) is 24.7. The van der Waals surface area contributed by atoms with Gasteiger partial charge in [-0.25, -0.2) is 0 Å². The molecule has 0 aliphatic rings. The van der Waals surface area contributed by atoms with Crippen molar-refractivity contribution in [2.24, 2.45) is 5.92 Å². The smallest absolute Gasteiger partial charge is 0.310 e. The van der Waals surface area contributed by atoms with Crippen LogP contribution in [0.5, 0.6) is 0 Å². The van der Waals surface area contributed by atoms with Crippen LogP contribution in [0.1, 0.15) is 78.1 Å². The number of aromatic amines is 1. The highest BCUT2D eigenvalue weighted by Crippen LogP contribution is 2.37. The van der Waals surface area contributed by atoms with E-state index in [4.69, 9.17) is 9.16 Å². The van der Waals surface area contributed by atoms with Crippen molar-refractivity contribution < 1.29 is 14.0 Å². The van der Waals surface area contributed by atoms with E-state index in [2.05, 4.69) is 66.6 Å². The molecule has 0 amide bonds. The van der Waals surface area contributed by atoms with Crippen LogP contribution in [-0.4, -0.2) is 47.1 Å². The fourth-order valence-electron chi connectivity index (χ4n) is 3.48. The summed E-state index contributed by atoms with van der Waals surface area (Å²) in [4.78, 5) is 13.3. The quantitative estimate of drug-likeness (QED) is 0.256. The number of rotatable bonds is 11. The Morgan fingerprint density at radius 2 is 1.73 bits per heavy atom. The Hall–Kier alpha value is -2.06. The van der Waals surface area contributed by atoms with E-state index in [0.29, 0.717) is 25.3 Å². The molecule has 2 atom stereocenters. The lowest BCUT2D eigenvalue weighted by atomic mass is 9.82. The van der Waals surface area contributed by atoms with Gasteiger partial charge in [0.15, 0.2) is 14.1 Å². The topological polar surface area (TPSA) is 90.0 Å². The largest absolute Gasteiger partial charge is 0.460 e. The maximum Gasteiger partial charge on any atom is 0.310 e. The first kappa shape index (κ1) is 27.2. The Kier molecular flexibility index (Phi) is 9.37. The van der Waals surface area contributed by atoms with E-state index in [-0.39, 0.29) is 22.8 Å². The van der Waals surface area contributed by atoms with Crippen molar-refractivity contribution in [2.75, 3.05) is 6.61 Å². The Labute approximate surface area is 200 Å². The van der Waals surface area contributed by atoms with Gasteiger partial charge in [-0.15, -0.1) is 10.2 Å². The van der Waals surface area contributed by atoms with Gasteiger partial charge in [0.2, 0.25) is 0 Å². The molecule has 1 aromatic carbocycles. The molecule has 184 valence electrons. The number of nitrogens with one attached hydrogen (secondary N) is 1. The summed E-state index contributed by atoms with van der Waals surface area (Å²) in [5, 5.41) is 15.0. The van der Waals surface area contributed by atoms with Crippen LogP contribution in [0.2, 0.25) is 18.1 Å². The fraction of sp³-hybridized carbons (Fsp3) is 0.680. The summed E-state index contributed by atoms with van der Waals surface area (Å²) >= 11 is 0. The summed E-state index contributed by atoms with van der Waals surface area (Å²) in [7, 11) is -1.78.